The average Bonchev–Trinajstić information content (AvgIpc) is 2.22. The molecule has 0 radical (unpaired) electrons. The number of carboxylic acids is 1. The Hall–Kier alpha value is -0.750. The third kappa shape index (κ3) is 7.14. The minimum Gasteiger partial charge on any atom is -0.480 e. The molecule has 0 saturated carbocycles. The minimum absolute atomic E-state index is 0.0203. The van der Waals surface area contributed by atoms with E-state index in [0.717, 1.165) is 19.4 Å². The van der Waals surface area contributed by atoms with Crippen LogP contribution in [0.1, 0.15) is 33.6 Å². The minimum atomic E-state index is -2.37. The largest absolute Gasteiger partial charge is 0.480 e. The second-order valence-electron chi connectivity index (χ2n) is 6.95. The second kappa shape index (κ2) is 7.31. The van der Waals surface area contributed by atoms with Crippen LogP contribution in [-0.4, -0.2) is 54.6 Å². The van der Waals surface area contributed by atoms with Gasteiger partial charge in [-0.2, -0.15) is 0 Å². The topological polar surface area (TPSA) is 52.6 Å². The van der Waals surface area contributed by atoms with Gasteiger partial charge in [0.05, 0.1) is 13.1 Å². The smallest absolute Gasteiger partial charge is 0.317 e. The van der Waals surface area contributed by atoms with Crippen LogP contribution in [0.15, 0.2) is 0 Å². The number of piperidine rings is 1. The molecule has 0 aromatic carbocycles. The van der Waals surface area contributed by atoms with E-state index in [1.807, 2.05) is 4.90 Å². The molecule has 0 aliphatic carbocycles. The zero-order valence-electron chi connectivity index (χ0n) is 12.5. The highest BCUT2D eigenvalue weighted by atomic mass is 19.3. The molecule has 2 N–H and O–H groups in total. The molecule has 1 aliphatic heterocycles. The van der Waals surface area contributed by atoms with E-state index >= 15 is 0 Å². The van der Waals surface area contributed by atoms with E-state index in [0.29, 0.717) is 12.5 Å². The lowest BCUT2D eigenvalue weighted by Crippen LogP contribution is -2.51. The molecule has 1 aliphatic rings. The molecule has 6 heteroatoms. The molecule has 118 valence electrons. The number of nitrogens with one attached hydrogen (secondary N) is 1. The molecular formula is C14H26F2N2O2. The van der Waals surface area contributed by atoms with Crippen LogP contribution in [0.5, 0.6) is 0 Å². The van der Waals surface area contributed by atoms with Gasteiger partial charge in [-0.3, -0.25) is 9.69 Å². The van der Waals surface area contributed by atoms with Gasteiger partial charge in [0.25, 0.3) is 6.43 Å². The van der Waals surface area contributed by atoms with E-state index in [1.54, 1.807) is 0 Å². The fourth-order valence-corrected chi connectivity index (χ4v) is 3.04. The first-order valence-electron chi connectivity index (χ1n) is 7.11. The summed E-state index contributed by atoms with van der Waals surface area (Å²) in [5, 5.41) is 11.8. The summed E-state index contributed by atoms with van der Waals surface area (Å²) < 4.78 is 24.6. The van der Waals surface area contributed by atoms with Crippen molar-refractivity contribution in [1.82, 2.24) is 10.2 Å². The summed E-state index contributed by atoms with van der Waals surface area (Å²) in [7, 11) is 0. The van der Waals surface area contributed by atoms with Crippen LogP contribution in [-0.2, 0) is 4.79 Å². The van der Waals surface area contributed by atoms with Gasteiger partial charge in [-0.15, -0.1) is 0 Å². The Morgan fingerprint density at radius 2 is 2.05 bits per heavy atom. The summed E-state index contributed by atoms with van der Waals surface area (Å²) in [5.74, 6) is -0.521. The summed E-state index contributed by atoms with van der Waals surface area (Å²) in [4.78, 5) is 12.7. The number of likely N-dealkylation sites (tertiary alicyclic amines) is 1. The Kier molecular flexibility index (Phi) is 6.33. The van der Waals surface area contributed by atoms with Crippen molar-refractivity contribution in [2.45, 2.75) is 46.1 Å². The summed E-state index contributed by atoms with van der Waals surface area (Å²) >= 11 is 0. The molecule has 1 heterocycles. The van der Waals surface area contributed by atoms with E-state index in [2.05, 4.69) is 26.1 Å². The highest BCUT2D eigenvalue weighted by Crippen LogP contribution is 2.30. The number of nitrogens with zero attached hydrogens (tertiary/aromatic N) is 1. The Balaban J connectivity index is 2.59. The van der Waals surface area contributed by atoms with Crippen LogP contribution >= 0.6 is 0 Å². The fourth-order valence-electron chi connectivity index (χ4n) is 3.04. The first kappa shape index (κ1) is 17.3. The maximum atomic E-state index is 12.3. The van der Waals surface area contributed by atoms with Crippen molar-refractivity contribution < 1.29 is 18.7 Å². The highest BCUT2D eigenvalue weighted by molar-refractivity contribution is 5.69. The normalized spacial score (nSPS) is 25.1. The van der Waals surface area contributed by atoms with Crippen molar-refractivity contribution >= 4 is 5.97 Å². The quantitative estimate of drug-likeness (QED) is 0.787. The lowest BCUT2D eigenvalue weighted by Gasteiger charge is -2.39. The molecule has 1 rings (SSSR count). The van der Waals surface area contributed by atoms with Crippen LogP contribution in [0.2, 0.25) is 0 Å². The number of carboxylic acid groups (broad SMARTS) is 1. The van der Waals surface area contributed by atoms with Gasteiger partial charge in [0.15, 0.2) is 0 Å². The second-order valence-corrected chi connectivity index (χ2v) is 6.95. The number of hydrogen-bond acceptors (Lipinski definition) is 3. The SMILES string of the molecule is CC(C)(C)CC1CC(NCC(F)F)CN(CC(=O)O)C1. The van der Waals surface area contributed by atoms with Crippen molar-refractivity contribution in [1.29, 1.82) is 0 Å². The van der Waals surface area contributed by atoms with E-state index in [9.17, 15) is 13.6 Å². The Labute approximate surface area is 119 Å². The van der Waals surface area contributed by atoms with Crippen LogP contribution in [0, 0.1) is 11.3 Å². The fraction of sp³-hybridized carbons (Fsp3) is 0.929. The molecule has 2 unspecified atom stereocenters. The summed E-state index contributed by atoms with van der Waals surface area (Å²) in [6, 6.07) is -0.0514. The first-order chi connectivity index (χ1) is 9.15. The summed E-state index contributed by atoms with van der Waals surface area (Å²) in [6.07, 6.45) is -0.568. The molecule has 0 aromatic rings. The molecule has 0 aromatic heterocycles. The number of halogens is 2. The first-order valence-corrected chi connectivity index (χ1v) is 7.11. The van der Waals surface area contributed by atoms with Crippen molar-refractivity contribution in [2.24, 2.45) is 11.3 Å². The van der Waals surface area contributed by atoms with Crippen molar-refractivity contribution in [3.8, 4) is 0 Å². The molecule has 2 atom stereocenters. The molecule has 0 spiro atoms. The zero-order valence-corrected chi connectivity index (χ0v) is 12.5. The van der Waals surface area contributed by atoms with Gasteiger partial charge in [-0.05, 0) is 24.2 Å². The number of rotatable bonds is 6. The highest BCUT2D eigenvalue weighted by Gasteiger charge is 2.30. The number of aliphatic carboxylic acids is 1. The van der Waals surface area contributed by atoms with Crippen molar-refractivity contribution in [3.63, 3.8) is 0 Å². The monoisotopic (exact) mass is 292 g/mol. The van der Waals surface area contributed by atoms with Crippen LogP contribution in [0.4, 0.5) is 8.78 Å². The Morgan fingerprint density at radius 3 is 2.55 bits per heavy atom. The number of alkyl halides is 2. The summed E-state index contributed by atoms with van der Waals surface area (Å²) in [5.41, 5.74) is 0.157. The third-order valence-corrected chi connectivity index (χ3v) is 3.43. The number of hydrogen-bond donors (Lipinski definition) is 2. The average molecular weight is 292 g/mol. The van der Waals surface area contributed by atoms with Crippen molar-refractivity contribution in [2.75, 3.05) is 26.2 Å². The van der Waals surface area contributed by atoms with E-state index < -0.39 is 12.4 Å². The Morgan fingerprint density at radius 1 is 1.40 bits per heavy atom. The Bertz CT molecular complexity index is 319. The van der Waals surface area contributed by atoms with Gasteiger partial charge in [0.2, 0.25) is 0 Å². The van der Waals surface area contributed by atoms with Crippen LogP contribution in [0.3, 0.4) is 0 Å². The maximum Gasteiger partial charge on any atom is 0.317 e. The van der Waals surface area contributed by atoms with Gasteiger partial charge in [-0.1, -0.05) is 20.8 Å². The molecule has 4 nitrogen and oxygen atoms in total. The van der Waals surface area contributed by atoms with E-state index in [-0.39, 0.29) is 24.5 Å². The number of carbonyl (C=O) groups is 1. The van der Waals surface area contributed by atoms with Gasteiger partial charge < -0.3 is 10.4 Å². The molecule has 1 fully saturated rings. The lowest BCUT2D eigenvalue weighted by atomic mass is 9.80. The molecule has 20 heavy (non-hydrogen) atoms. The van der Waals surface area contributed by atoms with Crippen molar-refractivity contribution in [3.05, 3.63) is 0 Å². The van der Waals surface area contributed by atoms with Crippen LogP contribution < -0.4 is 5.32 Å². The third-order valence-electron chi connectivity index (χ3n) is 3.43. The molecule has 1 saturated heterocycles. The molecule has 0 amide bonds. The lowest BCUT2D eigenvalue weighted by molar-refractivity contribution is -0.139. The standard InChI is InChI=1S/C14H26F2N2O2/c1-14(2,3)5-10-4-11(17-6-12(15)16)8-18(7-10)9-13(19)20/h10-12,17H,4-9H2,1-3H3,(H,19,20). The van der Waals surface area contributed by atoms with Gasteiger partial charge in [-0.25, -0.2) is 8.78 Å². The van der Waals surface area contributed by atoms with E-state index in [1.165, 1.54) is 0 Å². The van der Waals surface area contributed by atoms with Gasteiger partial charge in [0.1, 0.15) is 0 Å². The van der Waals surface area contributed by atoms with Crippen LogP contribution in [0.25, 0.3) is 0 Å². The van der Waals surface area contributed by atoms with Gasteiger partial charge >= 0.3 is 5.97 Å². The van der Waals surface area contributed by atoms with Gasteiger partial charge in [0, 0.05) is 19.1 Å². The molecule has 0 bridgehead atoms. The predicted molar refractivity (Wildman–Crippen MR) is 74.0 cm³/mol. The molecular weight excluding hydrogens is 266 g/mol. The maximum absolute atomic E-state index is 12.3. The van der Waals surface area contributed by atoms with E-state index in [4.69, 9.17) is 5.11 Å². The zero-order chi connectivity index (χ0) is 15.3. The predicted octanol–water partition coefficient (Wildman–Crippen LogP) is 2.05. The summed E-state index contributed by atoms with van der Waals surface area (Å²) in [6.45, 7) is 7.34.